The van der Waals surface area contributed by atoms with E-state index >= 15 is 0 Å². The Morgan fingerprint density at radius 2 is 1.85 bits per heavy atom. The van der Waals surface area contributed by atoms with Crippen LogP contribution in [0.25, 0.3) is 0 Å². The molecule has 0 aromatic carbocycles. The molecule has 4 N–H and O–H groups in total. The number of nitrogens with two attached hydrogens (primary N) is 1. The highest BCUT2D eigenvalue weighted by atomic mass is 32.2. The van der Waals surface area contributed by atoms with Crippen LogP contribution in [0.15, 0.2) is 23.2 Å². The third-order valence-corrected chi connectivity index (χ3v) is 6.18. The first-order valence-corrected chi connectivity index (χ1v) is 10.1. The number of sulfonamides is 1. The van der Waals surface area contributed by atoms with Gasteiger partial charge in [0.05, 0.1) is 12.6 Å². The average Bonchev–Trinajstić information content (AvgIpc) is 3.48. The molecule has 1 aromatic rings. The van der Waals surface area contributed by atoms with E-state index in [1.165, 1.54) is 12.1 Å². The molecule has 1 atom stereocenters. The van der Waals surface area contributed by atoms with Gasteiger partial charge in [-0.2, -0.15) is 0 Å². The number of carbonyl (C=O) groups excluding carboxylic acids is 1. The highest BCUT2D eigenvalue weighted by Crippen LogP contribution is 2.50. The van der Waals surface area contributed by atoms with Crippen molar-refractivity contribution in [3.63, 3.8) is 0 Å². The van der Waals surface area contributed by atoms with Gasteiger partial charge in [0, 0.05) is 6.20 Å². The van der Waals surface area contributed by atoms with Crippen LogP contribution in [0.5, 0.6) is 0 Å². The topological polar surface area (TPSA) is 114 Å². The number of hydrogen-bond donors (Lipinski definition) is 3. The predicted octanol–water partition coefficient (Wildman–Crippen LogP) is 1.33. The summed E-state index contributed by atoms with van der Waals surface area (Å²) in [6.45, 7) is -0.973. The Morgan fingerprint density at radius 1 is 1.23 bits per heavy atom. The van der Waals surface area contributed by atoms with Crippen LogP contribution in [-0.2, 0) is 14.8 Å². The van der Waals surface area contributed by atoms with E-state index in [0.29, 0.717) is 11.8 Å². The predicted molar refractivity (Wildman–Crippen MR) is 91.0 cm³/mol. The van der Waals surface area contributed by atoms with Crippen molar-refractivity contribution in [2.75, 3.05) is 11.9 Å². The molecule has 144 valence electrons. The molecule has 2 saturated carbocycles. The summed E-state index contributed by atoms with van der Waals surface area (Å²) in [5.74, 6) is 1.05. The lowest BCUT2D eigenvalue weighted by molar-refractivity contribution is -0.118. The second-order valence-corrected chi connectivity index (χ2v) is 8.66. The Balaban J connectivity index is 1.60. The van der Waals surface area contributed by atoms with Crippen molar-refractivity contribution in [1.29, 1.82) is 0 Å². The lowest BCUT2D eigenvalue weighted by Crippen LogP contribution is -2.43. The fourth-order valence-electron chi connectivity index (χ4n) is 3.19. The van der Waals surface area contributed by atoms with Crippen molar-refractivity contribution in [2.45, 2.75) is 43.0 Å². The molecule has 0 aliphatic heterocycles. The van der Waals surface area contributed by atoms with Crippen LogP contribution in [0.3, 0.4) is 0 Å². The van der Waals surface area contributed by atoms with Crippen LogP contribution < -0.4 is 15.8 Å². The van der Waals surface area contributed by atoms with Crippen molar-refractivity contribution in [3.8, 4) is 0 Å². The van der Waals surface area contributed by atoms with Crippen molar-refractivity contribution in [1.82, 2.24) is 9.71 Å². The van der Waals surface area contributed by atoms with Gasteiger partial charge in [0.2, 0.25) is 15.9 Å². The summed E-state index contributed by atoms with van der Waals surface area (Å²) in [5.41, 5.74) is 6.14. The zero-order chi connectivity index (χ0) is 18.9. The monoisotopic (exact) mass is 388 g/mol. The van der Waals surface area contributed by atoms with Crippen molar-refractivity contribution >= 4 is 21.7 Å². The number of pyridine rings is 1. The van der Waals surface area contributed by atoms with Gasteiger partial charge in [-0.15, -0.1) is 0 Å². The largest absolute Gasteiger partial charge is 0.320 e. The molecule has 1 amide bonds. The molecular weight excluding hydrogens is 366 g/mol. The summed E-state index contributed by atoms with van der Waals surface area (Å²) in [4.78, 5) is 16.0. The van der Waals surface area contributed by atoms with Crippen LogP contribution in [0, 0.1) is 17.8 Å². The van der Waals surface area contributed by atoms with E-state index in [2.05, 4.69) is 10.3 Å². The van der Waals surface area contributed by atoms with Gasteiger partial charge in [-0.1, -0.05) is 0 Å². The zero-order valence-corrected chi connectivity index (χ0v) is 14.9. The fraction of sp³-hybridized carbons (Fsp3) is 0.625. The molecule has 1 heterocycles. The molecule has 0 bridgehead atoms. The average molecular weight is 388 g/mol. The van der Waals surface area contributed by atoms with E-state index in [-0.39, 0.29) is 22.5 Å². The maximum Gasteiger partial charge on any atom is 0.251 e. The van der Waals surface area contributed by atoms with Gasteiger partial charge in [-0.05, 0) is 55.6 Å². The maximum atomic E-state index is 12.4. The van der Waals surface area contributed by atoms with Crippen molar-refractivity contribution in [3.05, 3.63) is 18.3 Å². The Labute approximate surface area is 150 Å². The summed E-state index contributed by atoms with van der Waals surface area (Å²) in [7, 11) is -4.07. The van der Waals surface area contributed by atoms with Gasteiger partial charge < -0.3 is 11.1 Å². The van der Waals surface area contributed by atoms with Crippen LogP contribution in [0.1, 0.15) is 25.7 Å². The van der Waals surface area contributed by atoms with Gasteiger partial charge >= 0.3 is 0 Å². The van der Waals surface area contributed by atoms with Gasteiger partial charge in [-0.3, -0.25) is 4.79 Å². The molecule has 2 aliphatic carbocycles. The second kappa shape index (κ2) is 7.53. The van der Waals surface area contributed by atoms with E-state index < -0.39 is 29.0 Å². The Bertz CT molecular complexity index is 737. The van der Waals surface area contributed by atoms with Gasteiger partial charge in [0.1, 0.15) is 10.7 Å². The number of hydrogen-bond acceptors (Lipinski definition) is 5. The Morgan fingerprint density at radius 3 is 2.31 bits per heavy atom. The lowest BCUT2D eigenvalue weighted by Gasteiger charge is -2.22. The molecule has 26 heavy (non-hydrogen) atoms. The van der Waals surface area contributed by atoms with Crippen LogP contribution in [0.4, 0.5) is 14.6 Å². The lowest BCUT2D eigenvalue weighted by atomic mass is 9.89. The number of aromatic nitrogens is 1. The number of anilines is 1. The van der Waals surface area contributed by atoms with Gasteiger partial charge in [0.25, 0.3) is 6.43 Å². The normalized spacial score (nSPS) is 19.0. The molecule has 3 rings (SSSR count). The first-order chi connectivity index (χ1) is 12.3. The third kappa shape index (κ3) is 4.74. The van der Waals surface area contributed by atoms with Crippen molar-refractivity contribution in [2.24, 2.45) is 23.5 Å². The van der Waals surface area contributed by atoms with Gasteiger partial charge in [0.15, 0.2) is 0 Å². The third-order valence-electron chi connectivity index (χ3n) is 4.78. The quantitative estimate of drug-likeness (QED) is 0.590. The second-order valence-electron chi connectivity index (χ2n) is 6.89. The molecule has 7 nitrogen and oxygen atoms in total. The number of halogens is 2. The highest BCUT2D eigenvalue weighted by Gasteiger charge is 2.46. The minimum absolute atomic E-state index is 0.170. The SMILES string of the molecule is N[C@H](C(=O)Nc1ccc(S(=O)(=O)NCC(F)F)cn1)C(C1CC1)C1CC1. The first kappa shape index (κ1) is 19.1. The summed E-state index contributed by atoms with van der Waals surface area (Å²) in [6.07, 6.45) is 2.66. The molecule has 0 saturated heterocycles. The molecule has 2 aliphatic rings. The van der Waals surface area contributed by atoms with E-state index in [1.807, 2.05) is 0 Å². The van der Waals surface area contributed by atoms with E-state index in [4.69, 9.17) is 5.73 Å². The summed E-state index contributed by atoms with van der Waals surface area (Å²) in [6, 6.07) is 1.89. The van der Waals surface area contributed by atoms with Crippen molar-refractivity contribution < 1.29 is 22.0 Å². The Hall–Kier alpha value is -1.65. The smallest absolute Gasteiger partial charge is 0.251 e. The fourth-order valence-corrected chi connectivity index (χ4v) is 4.14. The molecule has 1 aromatic heterocycles. The first-order valence-electron chi connectivity index (χ1n) is 8.58. The number of rotatable bonds is 9. The minimum atomic E-state index is -4.07. The summed E-state index contributed by atoms with van der Waals surface area (Å²) < 4.78 is 49.8. The molecule has 2 fully saturated rings. The maximum absolute atomic E-state index is 12.4. The molecule has 10 heteroatoms. The number of nitrogens with zero attached hydrogens (tertiary/aromatic N) is 1. The zero-order valence-electron chi connectivity index (χ0n) is 14.1. The highest BCUT2D eigenvalue weighted by molar-refractivity contribution is 7.89. The summed E-state index contributed by atoms with van der Waals surface area (Å²) >= 11 is 0. The van der Waals surface area contributed by atoms with Crippen LogP contribution in [-0.4, -0.2) is 38.3 Å². The molecule has 0 spiro atoms. The Kier molecular flexibility index (Phi) is 5.54. The van der Waals surface area contributed by atoms with E-state index in [9.17, 15) is 22.0 Å². The molecular formula is C16H22F2N4O3S. The minimum Gasteiger partial charge on any atom is -0.320 e. The standard InChI is InChI=1S/C16H22F2N4O3S/c17-12(18)8-21-26(24,25)11-5-6-13(20-7-11)22-16(23)15(19)14(9-1-2-9)10-3-4-10/h5-7,9-10,12,14-15,21H,1-4,8,19H2,(H,20,22,23)/t15-/m0/s1. The summed E-state index contributed by atoms with van der Waals surface area (Å²) in [5, 5.41) is 2.61. The molecule has 0 radical (unpaired) electrons. The number of alkyl halides is 2. The number of carbonyl (C=O) groups is 1. The molecule has 0 unspecified atom stereocenters. The number of nitrogens with one attached hydrogen (secondary N) is 2. The van der Waals surface area contributed by atoms with E-state index in [1.54, 1.807) is 4.72 Å². The van der Waals surface area contributed by atoms with Crippen LogP contribution in [0.2, 0.25) is 0 Å². The van der Waals surface area contributed by atoms with E-state index in [0.717, 1.165) is 31.9 Å². The van der Waals surface area contributed by atoms with Gasteiger partial charge in [-0.25, -0.2) is 26.9 Å². The van der Waals surface area contributed by atoms with Crippen LogP contribution >= 0.6 is 0 Å². The number of amides is 1.